The Balaban J connectivity index is 1.91. The van der Waals surface area contributed by atoms with Crippen LogP contribution in [-0.2, 0) is 6.42 Å². The highest BCUT2D eigenvalue weighted by Crippen LogP contribution is 2.29. The Morgan fingerprint density at radius 2 is 2.35 bits per heavy atom. The van der Waals surface area contributed by atoms with Crippen molar-refractivity contribution in [2.24, 2.45) is 0 Å². The number of hydrogen-bond donors (Lipinski definition) is 1. The minimum absolute atomic E-state index is 0.434. The van der Waals surface area contributed by atoms with Gasteiger partial charge in [0.25, 0.3) is 0 Å². The molecule has 1 N–H and O–H groups in total. The zero-order valence-electron chi connectivity index (χ0n) is 11.9. The number of thiophene rings is 1. The van der Waals surface area contributed by atoms with E-state index in [1.54, 1.807) is 11.3 Å². The summed E-state index contributed by atoms with van der Waals surface area (Å²) >= 11 is 1.70. The molecule has 3 nitrogen and oxygen atoms in total. The van der Waals surface area contributed by atoms with E-state index < -0.39 is 0 Å². The summed E-state index contributed by atoms with van der Waals surface area (Å²) in [5.74, 6) is 0.876. The molecule has 0 bridgehead atoms. The highest BCUT2D eigenvalue weighted by Gasteiger charge is 2.20. The number of nitrogens with one attached hydrogen (secondary N) is 1. The van der Waals surface area contributed by atoms with Gasteiger partial charge >= 0.3 is 0 Å². The van der Waals surface area contributed by atoms with Gasteiger partial charge in [-0.1, -0.05) is 13.3 Å². The fourth-order valence-electron chi connectivity index (χ4n) is 2.78. The first-order chi connectivity index (χ1) is 9.88. The van der Waals surface area contributed by atoms with Gasteiger partial charge in [0.1, 0.15) is 0 Å². The molecule has 2 aromatic rings. The molecule has 4 heteroatoms. The van der Waals surface area contributed by atoms with Crippen LogP contribution in [0.5, 0.6) is 0 Å². The molecule has 1 atom stereocenters. The van der Waals surface area contributed by atoms with Gasteiger partial charge in [0, 0.05) is 34.4 Å². The zero-order valence-corrected chi connectivity index (χ0v) is 12.7. The van der Waals surface area contributed by atoms with Crippen LogP contribution in [0.4, 0.5) is 0 Å². The van der Waals surface area contributed by atoms with Gasteiger partial charge in [-0.2, -0.15) is 11.3 Å². The third-order valence-electron chi connectivity index (χ3n) is 3.85. The average molecular weight is 287 g/mol. The number of nitrogens with zero attached hydrogens (tertiary/aromatic N) is 2. The lowest BCUT2D eigenvalue weighted by atomic mass is 10.0. The van der Waals surface area contributed by atoms with Crippen LogP contribution in [0.1, 0.15) is 49.9 Å². The third-order valence-corrected chi connectivity index (χ3v) is 4.54. The summed E-state index contributed by atoms with van der Waals surface area (Å²) in [5.41, 5.74) is 3.70. The number of fused-ring (bicyclic) bond motifs is 1. The van der Waals surface area contributed by atoms with Crippen LogP contribution >= 0.6 is 11.3 Å². The maximum atomic E-state index is 4.83. The maximum Gasteiger partial charge on any atom is 0.160 e. The van der Waals surface area contributed by atoms with Gasteiger partial charge in [-0.3, -0.25) is 0 Å². The van der Waals surface area contributed by atoms with E-state index in [4.69, 9.17) is 4.98 Å². The molecule has 2 aromatic heterocycles. The van der Waals surface area contributed by atoms with Crippen LogP contribution in [-0.4, -0.2) is 16.5 Å². The average Bonchev–Trinajstić information content (AvgIpc) is 2.94. The van der Waals surface area contributed by atoms with E-state index in [1.807, 2.05) is 6.20 Å². The van der Waals surface area contributed by atoms with Gasteiger partial charge in [-0.25, -0.2) is 9.97 Å². The second-order valence-electron chi connectivity index (χ2n) is 5.36. The summed E-state index contributed by atoms with van der Waals surface area (Å²) in [6, 6.07) is 2.53. The molecule has 1 unspecified atom stereocenters. The predicted octanol–water partition coefficient (Wildman–Crippen LogP) is 3.97. The quantitative estimate of drug-likeness (QED) is 0.865. The monoisotopic (exact) mass is 287 g/mol. The lowest BCUT2D eigenvalue weighted by Gasteiger charge is -2.18. The summed E-state index contributed by atoms with van der Waals surface area (Å²) in [5, 5.41) is 7.84. The van der Waals surface area contributed by atoms with Crippen molar-refractivity contribution in [3.8, 4) is 11.4 Å². The molecule has 1 aliphatic rings. The Bertz CT molecular complexity index is 551. The molecule has 0 fully saturated rings. The zero-order chi connectivity index (χ0) is 13.8. The van der Waals surface area contributed by atoms with Crippen molar-refractivity contribution >= 4 is 11.3 Å². The van der Waals surface area contributed by atoms with Crippen LogP contribution in [0.25, 0.3) is 11.4 Å². The van der Waals surface area contributed by atoms with Crippen molar-refractivity contribution in [2.45, 2.75) is 45.1 Å². The molecule has 0 amide bonds. The summed E-state index contributed by atoms with van der Waals surface area (Å²) in [4.78, 5) is 9.42. The summed E-state index contributed by atoms with van der Waals surface area (Å²) in [7, 11) is 0. The molecule has 2 heterocycles. The molecular formula is C16H21N3S. The lowest BCUT2D eigenvalue weighted by Crippen LogP contribution is -2.23. The van der Waals surface area contributed by atoms with Crippen molar-refractivity contribution in [2.75, 3.05) is 6.54 Å². The molecule has 0 aromatic carbocycles. The molecule has 3 rings (SSSR count). The van der Waals surface area contributed by atoms with Crippen LogP contribution in [0.15, 0.2) is 23.0 Å². The van der Waals surface area contributed by atoms with Gasteiger partial charge in [0.05, 0.1) is 0 Å². The Labute approximate surface area is 124 Å². The molecule has 0 saturated heterocycles. The summed E-state index contributed by atoms with van der Waals surface area (Å²) < 4.78 is 0. The van der Waals surface area contributed by atoms with Gasteiger partial charge in [-0.15, -0.1) is 0 Å². The first-order valence-electron chi connectivity index (χ1n) is 7.50. The molecular weight excluding hydrogens is 266 g/mol. The third kappa shape index (κ3) is 2.91. The van der Waals surface area contributed by atoms with Crippen molar-refractivity contribution in [1.29, 1.82) is 0 Å². The topological polar surface area (TPSA) is 37.8 Å². The second-order valence-corrected chi connectivity index (χ2v) is 6.14. The minimum Gasteiger partial charge on any atom is -0.310 e. The lowest BCUT2D eigenvalue weighted by molar-refractivity contribution is 0.488. The Morgan fingerprint density at radius 3 is 3.15 bits per heavy atom. The summed E-state index contributed by atoms with van der Waals surface area (Å²) in [6.07, 6.45) is 8.00. The van der Waals surface area contributed by atoms with Gasteiger partial charge < -0.3 is 5.32 Å². The van der Waals surface area contributed by atoms with E-state index in [2.05, 4.69) is 34.1 Å². The standard InChI is InChI=1S/C16H21N3S/c1-2-8-17-14-5-3-4-6-15-13(14)10-18-16(19-15)12-7-9-20-11-12/h7,9-11,14,17H,2-6,8H2,1H3. The fraction of sp³-hybridized carbons (Fsp3) is 0.500. The van der Waals surface area contributed by atoms with E-state index in [9.17, 15) is 0 Å². The molecule has 0 spiro atoms. The van der Waals surface area contributed by atoms with Crippen LogP contribution < -0.4 is 5.32 Å². The van der Waals surface area contributed by atoms with E-state index in [0.717, 1.165) is 24.4 Å². The normalized spacial score (nSPS) is 18.6. The van der Waals surface area contributed by atoms with Crippen LogP contribution in [0.3, 0.4) is 0 Å². The number of aryl methyl sites for hydroxylation is 1. The Hall–Kier alpha value is -1.26. The number of hydrogen-bond acceptors (Lipinski definition) is 4. The maximum absolute atomic E-state index is 4.83. The predicted molar refractivity (Wildman–Crippen MR) is 83.9 cm³/mol. The highest BCUT2D eigenvalue weighted by atomic mass is 32.1. The SMILES string of the molecule is CCCNC1CCCCc2nc(-c3ccsc3)ncc21. The molecule has 20 heavy (non-hydrogen) atoms. The van der Waals surface area contributed by atoms with Crippen molar-refractivity contribution in [3.63, 3.8) is 0 Å². The van der Waals surface area contributed by atoms with E-state index in [-0.39, 0.29) is 0 Å². The molecule has 0 aliphatic heterocycles. The van der Waals surface area contributed by atoms with E-state index in [0.29, 0.717) is 6.04 Å². The minimum atomic E-state index is 0.434. The van der Waals surface area contributed by atoms with Gasteiger partial charge in [0.15, 0.2) is 5.82 Å². The van der Waals surface area contributed by atoms with Gasteiger partial charge in [-0.05, 0) is 43.7 Å². The van der Waals surface area contributed by atoms with Crippen molar-refractivity contribution in [3.05, 3.63) is 34.3 Å². The highest BCUT2D eigenvalue weighted by molar-refractivity contribution is 7.08. The molecule has 106 valence electrons. The Kier molecular flexibility index (Phi) is 4.43. The Morgan fingerprint density at radius 1 is 1.40 bits per heavy atom. The molecule has 1 aliphatic carbocycles. The first kappa shape index (κ1) is 13.7. The van der Waals surface area contributed by atoms with E-state index in [1.165, 1.54) is 36.9 Å². The summed E-state index contributed by atoms with van der Waals surface area (Å²) in [6.45, 7) is 3.27. The largest absolute Gasteiger partial charge is 0.310 e. The molecule has 0 radical (unpaired) electrons. The van der Waals surface area contributed by atoms with Crippen molar-refractivity contribution < 1.29 is 0 Å². The van der Waals surface area contributed by atoms with E-state index >= 15 is 0 Å². The fourth-order valence-corrected chi connectivity index (χ4v) is 3.41. The number of rotatable bonds is 4. The smallest absolute Gasteiger partial charge is 0.160 e. The van der Waals surface area contributed by atoms with Crippen molar-refractivity contribution in [1.82, 2.24) is 15.3 Å². The first-order valence-corrected chi connectivity index (χ1v) is 8.44. The number of aromatic nitrogens is 2. The molecule has 0 saturated carbocycles. The van der Waals surface area contributed by atoms with Gasteiger partial charge in [0.2, 0.25) is 0 Å². The van der Waals surface area contributed by atoms with Crippen LogP contribution in [0, 0.1) is 0 Å². The van der Waals surface area contributed by atoms with Crippen LogP contribution in [0.2, 0.25) is 0 Å². The second kappa shape index (κ2) is 6.46.